The molecule has 2 aromatic rings. The van der Waals surface area contributed by atoms with Gasteiger partial charge in [0.2, 0.25) is 0 Å². The number of nitrogens with two attached hydrogens (primary N) is 1. The predicted molar refractivity (Wildman–Crippen MR) is 94.0 cm³/mol. The van der Waals surface area contributed by atoms with Gasteiger partial charge in [-0.15, -0.1) is 0 Å². The SMILES string of the molecule is Cc1c(CC(C)CN)c2cc3c(cc2n1C)CN(C(C)C)C3. The topological polar surface area (TPSA) is 34.2 Å². The van der Waals surface area contributed by atoms with Crippen molar-refractivity contribution in [1.82, 2.24) is 9.47 Å². The number of hydrogen-bond donors (Lipinski definition) is 1. The van der Waals surface area contributed by atoms with Crippen LogP contribution in [0.5, 0.6) is 0 Å². The number of fused-ring (bicyclic) bond motifs is 2. The van der Waals surface area contributed by atoms with Gasteiger partial charge in [0.15, 0.2) is 0 Å². The van der Waals surface area contributed by atoms with Gasteiger partial charge in [-0.05, 0) is 68.5 Å². The lowest BCUT2D eigenvalue weighted by molar-refractivity contribution is 0.227. The molecule has 2 N–H and O–H groups in total. The maximum atomic E-state index is 5.85. The molecule has 0 spiro atoms. The molecule has 0 saturated heterocycles. The first kappa shape index (κ1) is 15.6. The molecule has 1 aromatic heterocycles. The highest BCUT2D eigenvalue weighted by atomic mass is 15.2. The van der Waals surface area contributed by atoms with E-state index in [1.807, 2.05) is 0 Å². The van der Waals surface area contributed by atoms with Crippen molar-refractivity contribution in [3.8, 4) is 0 Å². The van der Waals surface area contributed by atoms with Crippen molar-refractivity contribution in [2.45, 2.75) is 53.2 Å². The fourth-order valence-corrected chi connectivity index (χ4v) is 3.62. The zero-order valence-corrected chi connectivity index (χ0v) is 14.6. The molecule has 1 aliphatic rings. The van der Waals surface area contributed by atoms with E-state index in [0.717, 1.165) is 26.1 Å². The molecule has 0 aliphatic carbocycles. The maximum absolute atomic E-state index is 5.85. The number of benzene rings is 1. The van der Waals surface area contributed by atoms with Gasteiger partial charge < -0.3 is 10.3 Å². The van der Waals surface area contributed by atoms with E-state index in [2.05, 4.69) is 56.3 Å². The Kier molecular flexibility index (Phi) is 4.04. The minimum Gasteiger partial charge on any atom is -0.348 e. The zero-order valence-electron chi connectivity index (χ0n) is 14.6. The Labute approximate surface area is 134 Å². The minimum atomic E-state index is 0.532. The normalized spacial score (nSPS) is 16.7. The summed E-state index contributed by atoms with van der Waals surface area (Å²) in [5, 5.41) is 1.43. The molecular formula is C19H29N3. The van der Waals surface area contributed by atoms with Crippen LogP contribution in [0.15, 0.2) is 12.1 Å². The van der Waals surface area contributed by atoms with Crippen LogP contribution in [0.1, 0.15) is 43.2 Å². The summed E-state index contributed by atoms with van der Waals surface area (Å²) in [5.41, 5.74) is 13.1. The fraction of sp³-hybridized carbons (Fsp3) is 0.579. The van der Waals surface area contributed by atoms with Gasteiger partial charge in [-0.2, -0.15) is 0 Å². The molecule has 2 heterocycles. The van der Waals surface area contributed by atoms with Crippen molar-refractivity contribution in [1.29, 1.82) is 0 Å². The van der Waals surface area contributed by atoms with E-state index >= 15 is 0 Å². The summed E-state index contributed by atoms with van der Waals surface area (Å²) in [6.45, 7) is 12.0. The summed E-state index contributed by atoms with van der Waals surface area (Å²) in [6, 6.07) is 5.46. The quantitative estimate of drug-likeness (QED) is 0.939. The molecule has 0 radical (unpaired) electrons. The van der Waals surface area contributed by atoms with Crippen molar-refractivity contribution in [3.63, 3.8) is 0 Å². The molecule has 1 aliphatic heterocycles. The molecule has 1 atom stereocenters. The molecule has 3 heteroatoms. The lowest BCUT2D eigenvalue weighted by atomic mass is 9.97. The van der Waals surface area contributed by atoms with Crippen LogP contribution in [0.2, 0.25) is 0 Å². The highest BCUT2D eigenvalue weighted by molar-refractivity contribution is 5.87. The monoisotopic (exact) mass is 299 g/mol. The summed E-state index contributed by atoms with van der Waals surface area (Å²) in [6.07, 6.45) is 1.08. The van der Waals surface area contributed by atoms with Crippen LogP contribution in [0.25, 0.3) is 10.9 Å². The van der Waals surface area contributed by atoms with Gasteiger partial charge in [-0.25, -0.2) is 0 Å². The van der Waals surface area contributed by atoms with E-state index in [0.29, 0.717) is 12.0 Å². The van der Waals surface area contributed by atoms with Crippen molar-refractivity contribution < 1.29 is 0 Å². The Bertz CT molecular complexity index is 697. The molecule has 3 nitrogen and oxygen atoms in total. The Hall–Kier alpha value is -1.32. The van der Waals surface area contributed by atoms with Crippen LogP contribution in [0, 0.1) is 12.8 Å². The zero-order chi connectivity index (χ0) is 16.0. The number of hydrogen-bond acceptors (Lipinski definition) is 2. The first-order chi connectivity index (χ1) is 10.4. The molecule has 1 unspecified atom stereocenters. The first-order valence-electron chi connectivity index (χ1n) is 8.46. The Balaban J connectivity index is 2.08. The van der Waals surface area contributed by atoms with E-state index in [1.165, 1.54) is 33.3 Å². The van der Waals surface area contributed by atoms with Crippen molar-refractivity contribution in [2.75, 3.05) is 6.54 Å². The van der Waals surface area contributed by atoms with Gasteiger partial charge >= 0.3 is 0 Å². The molecular weight excluding hydrogens is 270 g/mol. The van der Waals surface area contributed by atoms with Crippen molar-refractivity contribution in [2.24, 2.45) is 18.7 Å². The highest BCUT2D eigenvalue weighted by Gasteiger charge is 2.24. The van der Waals surface area contributed by atoms with Gasteiger partial charge in [-0.1, -0.05) is 6.92 Å². The van der Waals surface area contributed by atoms with Crippen molar-refractivity contribution >= 4 is 10.9 Å². The smallest absolute Gasteiger partial charge is 0.0486 e. The lowest BCUT2D eigenvalue weighted by Gasteiger charge is -2.18. The standard InChI is InChI=1S/C19H29N3/c1-12(2)22-10-15-7-18-17(6-13(3)9-20)14(4)21(5)19(18)8-16(15)11-22/h7-8,12-13H,6,9-11,20H2,1-5H3. The highest BCUT2D eigenvalue weighted by Crippen LogP contribution is 2.33. The van der Waals surface area contributed by atoms with Crippen molar-refractivity contribution in [3.05, 3.63) is 34.5 Å². The average molecular weight is 299 g/mol. The number of aryl methyl sites for hydroxylation is 1. The third-order valence-electron chi connectivity index (χ3n) is 5.38. The summed E-state index contributed by atoms with van der Waals surface area (Å²) >= 11 is 0. The van der Waals surface area contributed by atoms with Crippen LogP contribution in [-0.4, -0.2) is 22.1 Å². The van der Waals surface area contributed by atoms with Gasteiger partial charge in [0.1, 0.15) is 0 Å². The van der Waals surface area contributed by atoms with Gasteiger partial charge in [0, 0.05) is 42.8 Å². The summed E-state index contributed by atoms with van der Waals surface area (Å²) < 4.78 is 2.35. The van der Waals surface area contributed by atoms with Crippen LogP contribution < -0.4 is 5.73 Å². The van der Waals surface area contributed by atoms with E-state index in [-0.39, 0.29) is 0 Å². The second-order valence-electron chi connectivity index (χ2n) is 7.30. The molecule has 0 fully saturated rings. The van der Waals surface area contributed by atoms with Crippen LogP contribution >= 0.6 is 0 Å². The second-order valence-corrected chi connectivity index (χ2v) is 7.30. The molecule has 22 heavy (non-hydrogen) atoms. The molecule has 0 bridgehead atoms. The Morgan fingerprint density at radius 1 is 1.14 bits per heavy atom. The fourth-order valence-electron chi connectivity index (χ4n) is 3.62. The van der Waals surface area contributed by atoms with Crippen LogP contribution in [0.3, 0.4) is 0 Å². The Morgan fingerprint density at radius 2 is 1.77 bits per heavy atom. The van der Waals surface area contributed by atoms with Gasteiger partial charge in [-0.3, -0.25) is 4.90 Å². The third-order valence-corrected chi connectivity index (χ3v) is 5.38. The minimum absolute atomic E-state index is 0.532. The van der Waals surface area contributed by atoms with Gasteiger partial charge in [0.25, 0.3) is 0 Å². The molecule has 0 saturated carbocycles. The summed E-state index contributed by atoms with van der Waals surface area (Å²) in [4.78, 5) is 2.54. The molecule has 120 valence electrons. The lowest BCUT2D eigenvalue weighted by Crippen LogP contribution is -2.24. The molecule has 1 aromatic carbocycles. The predicted octanol–water partition coefficient (Wildman–Crippen LogP) is 3.35. The average Bonchev–Trinajstić information content (AvgIpc) is 3.00. The second kappa shape index (κ2) is 5.71. The van der Waals surface area contributed by atoms with E-state index in [1.54, 1.807) is 0 Å². The third kappa shape index (κ3) is 2.46. The molecule has 0 amide bonds. The van der Waals surface area contributed by atoms with Crippen LogP contribution in [-0.2, 0) is 26.6 Å². The summed E-state index contributed by atoms with van der Waals surface area (Å²) in [7, 11) is 2.19. The van der Waals surface area contributed by atoms with Crippen LogP contribution in [0.4, 0.5) is 0 Å². The number of rotatable bonds is 4. The van der Waals surface area contributed by atoms with Gasteiger partial charge in [0.05, 0.1) is 0 Å². The van der Waals surface area contributed by atoms with E-state index in [4.69, 9.17) is 5.73 Å². The largest absolute Gasteiger partial charge is 0.348 e. The first-order valence-corrected chi connectivity index (χ1v) is 8.46. The van der Waals surface area contributed by atoms with E-state index < -0.39 is 0 Å². The number of nitrogens with zero attached hydrogens (tertiary/aromatic N) is 2. The van der Waals surface area contributed by atoms with E-state index in [9.17, 15) is 0 Å². The Morgan fingerprint density at radius 3 is 2.36 bits per heavy atom. The number of aromatic nitrogens is 1. The molecule has 3 rings (SSSR count). The summed E-state index contributed by atoms with van der Waals surface area (Å²) in [5.74, 6) is 0.532. The maximum Gasteiger partial charge on any atom is 0.0486 e.